The zero-order valence-corrected chi connectivity index (χ0v) is 10.8. The van der Waals surface area contributed by atoms with E-state index in [0.717, 1.165) is 4.88 Å². The molecule has 19 heavy (non-hydrogen) atoms. The van der Waals surface area contributed by atoms with Crippen LogP contribution in [0.2, 0.25) is 0 Å². The number of nitrogens with zero attached hydrogens (tertiary/aromatic N) is 4. The van der Waals surface area contributed by atoms with Crippen molar-refractivity contribution in [2.24, 2.45) is 0 Å². The molecule has 3 rings (SSSR count). The summed E-state index contributed by atoms with van der Waals surface area (Å²) in [7, 11) is 1.57. The number of nitrogen functional groups attached to an aromatic ring is 1. The van der Waals surface area contributed by atoms with Crippen LogP contribution in [0.15, 0.2) is 24.5 Å². The molecule has 0 amide bonds. The molecule has 2 N–H and O–H groups in total. The van der Waals surface area contributed by atoms with Gasteiger partial charge in [-0.05, 0) is 17.9 Å². The lowest BCUT2D eigenvalue weighted by molar-refractivity contribution is 0.390. The number of anilines is 1. The first-order valence-corrected chi connectivity index (χ1v) is 6.20. The third-order valence-electron chi connectivity index (χ3n) is 2.38. The van der Waals surface area contributed by atoms with Crippen LogP contribution in [0, 0.1) is 11.8 Å². The lowest BCUT2D eigenvalue weighted by Gasteiger charge is -1.98. The molecule has 0 radical (unpaired) electrons. The van der Waals surface area contributed by atoms with E-state index >= 15 is 0 Å². The smallest absolute Gasteiger partial charge is 0.231 e. The standard InChI is InChI=1S/C12H9N5OS/c1-18-11-5-4-10-14-6-8(17(10)16-11)2-3-9-7-15-12(13)19-9/h4-7H,1H3,(H2,13,15). The average Bonchev–Trinajstić information content (AvgIpc) is 3.02. The van der Waals surface area contributed by atoms with Crippen molar-refractivity contribution in [2.45, 2.75) is 0 Å². The zero-order chi connectivity index (χ0) is 13.2. The topological polar surface area (TPSA) is 78.3 Å². The van der Waals surface area contributed by atoms with E-state index in [1.165, 1.54) is 11.3 Å². The van der Waals surface area contributed by atoms with Gasteiger partial charge in [0.1, 0.15) is 5.69 Å². The Labute approximate surface area is 112 Å². The number of ether oxygens (including phenoxy) is 1. The van der Waals surface area contributed by atoms with Crippen molar-refractivity contribution < 1.29 is 4.74 Å². The fourth-order valence-electron chi connectivity index (χ4n) is 1.52. The van der Waals surface area contributed by atoms with Crippen LogP contribution in [0.4, 0.5) is 5.13 Å². The number of methoxy groups -OCH3 is 1. The normalized spacial score (nSPS) is 10.2. The predicted molar refractivity (Wildman–Crippen MR) is 72.0 cm³/mol. The molecule has 0 aromatic carbocycles. The number of aromatic nitrogens is 4. The van der Waals surface area contributed by atoms with Gasteiger partial charge in [-0.2, -0.15) is 0 Å². The number of imidazole rings is 1. The molecule has 0 aliphatic heterocycles. The minimum atomic E-state index is 0.502. The zero-order valence-electron chi connectivity index (χ0n) is 9.99. The summed E-state index contributed by atoms with van der Waals surface area (Å²) >= 11 is 1.34. The van der Waals surface area contributed by atoms with Crippen LogP contribution in [-0.2, 0) is 0 Å². The van der Waals surface area contributed by atoms with Crippen molar-refractivity contribution in [1.82, 2.24) is 19.6 Å². The summed E-state index contributed by atoms with van der Waals surface area (Å²) in [6, 6.07) is 3.57. The van der Waals surface area contributed by atoms with Crippen LogP contribution in [-0.4, -0.2) is 26.7 Å². The molecule has 0 unspecified atom stereocenters. The van der Waals surface area contributed by atoms with E-state index in [1.807, 2.05) is 6.07 Å². The highest BCUT2D eigenvalue weighted by atomic mass is 32.1. The lowest BCUT2D eigenvalue weighted by atomic mass is 10.4. The first kappa shape index (κ1) is 11.5. The third kappa shape index (κ3) is 2.21. The first-order valence-electron chi connectivity index (χ1n) is 5.38. The van der Waals surface area contributed by atoms with Crippen molar-refractivity contribution in [3.8, 4) is 17.7 Å². The SMILES string of the molecule is COc1ccc2ncc(C#Cc3cnc(N)s3)n2n1. The van der Waals surface area contributed by atoms with Gasteiger partial charge in [0, 0.05) is 6.07 Å². The summed E-state index contributed by atoms with van der Waals surface area (Å²) < 4.78 is 6.72. The Hall–Kier alpha value is -2.59. The maximum absolute atomic E-state index is 5.55. The van der Waals surface area contributed by atoms with E-state index in [4.69, 9.17) is 10.5 Å². The maximum Gasteiger partial charge on any atom is 0.231 e. The number of fused-ring (bicyclic) bond motifs is 1. The number of thiazole rings is 1. The Kier molecular flexibility index (Phi) is 2.78. The van der Waals surface area contributed by atoms with Gasteiger partial charge < -0.3 is 10.5 Å². The summed E-state index contributed by atoms with van der Waals surface area (Å²) in [5, 5.41) is 4.77. The molecular formula is C12H9N5OS. The molecule has 94 valence electrons. The minimum Gasteiger partial charge on any atom is -0.480 e. The second kappa shape index (κ2) is 4.59. The second-order valence-corrected chi connectivity index (χ2v) is 4.66. The van der Waals surface area contributed by atoms with Gasteiger partial charge in [0.15, 0.2) is 10.8 Å². The average molecular weight is 271 g/mol. The van der Waals surface area contributed by atoms with Crippen molar-refractivity contribution >= 4 is 22.1 Å². The van der Waals surface area contributed by atoms with Crippen LogP contribution >= 0.6 is 11.3 Å². The van der Waals surface area contributed by atoms with Gasteiger partial charge >= 0.3 is 0 Å². The number of nitrogens with two attached hydrogens (primary N) is 1. The molecule has 6 nitrogen and oxygen atoms in total. The van der Waals surface area contributed by atoms with E-state index < -0.39 is 0 Å². The molecule has 0 fully saturated rings. The number of rotatable bonds is 1. The van der Waals surface area contributed by atoms with Gasteiger partial charge in [0.2, 0.25) is 5.88 Å². The molecule has 0 bridgehead atoms. The Morgan fingerprint density at radius 1 is 1.26 bits per heavy atom. The highest BCUT2D eigenvalue weighted by molar-refractivity contribution is 7.15. The molecule has 3 aromatic heterocycles. The van der Waals surface area contributed by atoms with E-state index in [2.05, 4.69) is 26.9 Å². The van der Waals surface area contributed by atoms with E-state index in [1.54, 1.807) is 30.1 Å². The molecular weight excluding hydrogens is 262 g/mol. The summed E-state index contributed by atoms with van der Waals surface area (Å²) in [5.74, 6) is 6.49. The summed E-state index contributed by atoms with van der Waals surface area (Å²) in [6.45, 7) is 0. The summed E-state index contributed by atoms with van der Waals surface area (Å²) in [5.41, 5.74) is 6.95. The molecule has 7 heteroatoms. The van der Waals surface area contributed by atoms with E-state index in [0.29, 0.717) is 22.4 Å². The van der Waals surface area contributed by atoms with Crippen molar-refractivity contribution in [3.05, 3.63) is 35.1 Å². The van der Waals surface area contributed by atoms with E-state index in [-0.39, 0.29) is 0 Å². The highest BCUT2D eigenvalue weighted by Gasteiger charge is 2.03. The fourth-order valence-corrected chi connectivity index (χ4v) is 2.06. The molecule has 0 aliphatic carbocycles. The molecule has 3 aromatic rings. The van der Waals surface area contributed by atoms with Crippen molar-refractivity contribution in [3.63, 3.8) is 0 Å². The second-order valence-electron chi connectivity index (χ2n) is 3.60. The van der Waals surface area contributed by atoms with Crippen LogP contribution < -0.4 is 10.5 Å². The van der Waals surface area contributed by atoms with Gasteiger partial charge in [-0.25, -0.2) is 14.5 Å². The van der Waals surface area contributed by atoms with Gasteiger partial charge in [-0.3, -0.25) is 0 Å². The van der Waals surface area contributed by atoms with Crippen LogP contribution in [0.1, 0.15) is 10.6 Å². The third-order valence-corrected chi connectivity index (χ3v) is 3.13. The van der Waals surface area contributed by atoms with Gasteiger partial charge in [0.25, 0.3) is 0 Å². The maximum atomic E-state index is 5.55. The van der Waals surface area contributed by atoms with Crippen molar-refractivity contribution in [1.29, 1.82) is 0 Å². The first-order chi connectivity index (χ1) is 9.26. The van der Waals surface area contributed by atoms with Gasteiger partial charge in [0.05, 0.1) is 24.4 Å². The monoisotopic (exact) mass is 271 g/mol. The van der Waals surface area contributed by atoms with E-state index in [9.17, 15) is 0 Å². The molecule has 0 aliphatic rings. The van der Waals surface area contributed by atoms with Crippen LogP contribution in [0.3, 0.4) is 0 Å². The van der Waals surface area contributed by atoms with Gasteiger partial charge in [-0.1, -0.05) is 11.3 Å². The summed E-state index contributed by atoms with van der Waals surface area (Å²) in [4.78, 5) is 8.96. The van der Waals surface area contributed by atoms with Crippen molar-refractivity contribution in [2.75, 3.05) is 12.8 Å². The Bertz CT molecular complexity index is 795. The highest BCUT2D eigenvalue weighted by Crippen LogP contribution is 2.13. The quantitative estimate of drug-likeness (QED) is 0.672. The lowest BCUT2D eigenvalue weighted by Crippen LogP contribution is -1.97. The van der Waals surface area contributed by atoms with Crippen LogP contribution in [0.5, 0.6) is 5.88 Å². The minimum absolute atomic E-state index is 0.502. The molecule has 0 saturated heterocycles. The number of hydrogen-bond donors (Lipinski definition) is 1. The summed E-state index contributed by atoms with van der Waals surface area (Å²) in [6.07, 6.45) is 3.31. The largest absolute Gasteiger partial charge is 0.480 e. The van der Waals surface area contributed by atoms with Gasteiger partial charge in [-0.15, -0.1) is 5.10 Å². The number of hydrogen-bond acceptors (Lipinski definition) is 6. The Morgan fingerprint density at radius 3 is 2.89 bits per heavy atom. The molecule has 0 spiro atoms. The fraction of sp³-hybridized carbons (Fsp3) is 0.0833. The van der Waals surface area contributed by atoms with Crippen LogP contribution in [0.25, 0.3) is 5.65 Å². The molecule has 0 atom stereocenters. The predicted octanol–water partition coefficient (Wildman–Crippen LogP) is 1.18. The molecule has 0 saturated carbocycles. The molecule has 3 heterocycles. The Morgan fingerprint density at radius 2 is 2.16 bits per heavy atom. The Balaban J connectivity index is 2.03.